The molecule has 2 heterocycles. The smallest absolute Gasteiger partial charge is 0.375 e. The van der Waals surface area contributed by atoms with Crippen LogP contribution in [0.4, 0.5) is 18.9 Å². The molecule has 0 saturated carbocycles. The molecule has 0 aliphatic rings. The Morgan fingerprint density at radius 1 is 1.10 bits per heavy atom. The van der Waals surface area contributed by atoms with E-state index in [0.717, 1.165) is 5.56 Å². The van der Waals surface area contributed by atoms with Gasteiger partial charge in [0.15, 0.2) is 11.5 Å². The number of hydrogen-bond acceptors (Lipinski definition) is 4. The minimum Gasteiger partial charge on any atom is -0.375 e. The van der Waals surface area contributed by atoms with Gasteiger partial charge in [-0.3, -0.25) is 4.98 Å². The fourth-order valence-electron chi connectivity index (χ4n) is 1.73. The van der Waals surface area contributed by atoms with E-state index in [-0.39, 0.29) is 11.5 Å². The number of alkyl halides is 3. The molecule has 0 unspecified atom stereocenters. The van der Waals surface area contributed by atoms with E-state index in [0.29, 0.717) is 5.56 Å². The number of hydrogen-bond donors (Lipinski definition) is 0. The van der Waals surface area contributed by atoms with E-state index in [9.17, 15) is 13.2 Å². The molecule has 0 N–H and O–H groups in total. The third-order valence-corrected chi connectivity index (χ3v) is 2.65. The van der Waals surface area contributed by atoms with Crippen LogP contribution in [0.1, 0.15) is 11.3 Å². The molecule has 2 rings (SSSR count). The van der Waals surface area contributed by atoms with Gasteiger partial charge in [0.2, 0.25) is 0 Å². The van der Waals surface area contributed by atoms with Gasteiger partial charge < -0.3 is 4.90 Å². The number of aryl methyl sites for hydroxylation is 1. The maximum absolute atomic E-state index is 13.1. The molecule has 0 aromatic carbocycles. The highest BCUT2D eigenvalue weighted by atomic mass is 19.4. The normalized spacial score (nSPS) is 11.5. The first-order valence-electron chi connectivity index (χ1n) is 5.82. The number of anilines is 1. The lowest BCUT2D eigenvalue weighted by Gasteiger charge is -2.18. The molecule has 0 spiro atoms. The first-order valence-corrected chi connectivity index (χ1v) is 5.82. The summed E-state index contributed by atoms with van der Waals surface area (Å²) in [5, 5.41) is 0. The second-order valence-electron chi connectivity index (χ2n) is 4.57. The Morgan fingerprint density at radius 3 is 2.35 bits per heavy atom. The fourth-order valence-corrected chi connectivity index (χ4v) is 1.73. The van der Waals surface area contributed by atoms with Crippen LogP contribution in [0.2, 0.25) is 0 Å². The van der Waals surface area contributed by atoms with Gasteiger partial charge in [0.1, 0.15) is 0 Å². The Labute approximate surface area is 114 Å². The summed E-state index contributed by atoms with van der Waals surface area (Å²) in [6.07, 6.45) is -0.303. The van der Waals surface area contributed by atoms with E-state index in [2.05, 4.69) is 15.0 Å². The molecule has 0 aliphatic carbocycles. The molecule has 2 aromatic rings. The first kappa shape index (κ1) is 14.2. The average Bonchev–Trinajstić information content (AvgIpc) is 2.37. The molecule has 106 valence electrons. The molecule has 0 saturated heterocycles. The first-order chi connectivity index (χ1) is 9.29. The van der Waals surface area contributed by atoms with Gasteiger partial charge in [0.25, 0.3) is 0 Å². The zero-order valence-corrected chi connectivity index (χ0v) is 11.2. The van der Waals surface area contributed by atoms with Gasteiger partial charge in [-0.25, -0.2) is 9.97 Å². The molecule has 0 aliphatic heterocycles. The second kappa shape index (κ2) is 5.07. The summed E-state index contributed by atoms with van der Waals surface area (Å²) in [5.41, 5.74) is 0.271. The topological polar surface area (TPSA) is 41.9 Å². The molecule has 0 fully saturated rings. The molecular weight excluding hydrogens is 269 g/mol. The van der Waals surface area contributed by atoms with Gasteiger partial charge in [0.05, 0.1) is 11.9 Å². The van der Waals surface area contributed by atoms with Crippen LogP contribution in [0.3, 0.4) is 0 Å². The molecule has 0 amide bonds. The highest BCUT2D eigenvalue weighted by Crippen LogP contribution is 2.35. The van der Waals surface area contributed by atoms with E-state index in [1.807, 2.05) is 0 Å². The summed E-state index contributed by atoms with van der Waals surface area (Å²) in [4.78, 5) is 12.9. The molecule has 7 heteroatoms. The SMILES string of the molecule is Cc1cncc(-c2ncc(N(C)C)c(C(F)(F)F)n2)c1. The Kier molecular flexibility index (Phi) is 3.61. The third kappa shape index (κ3) is 2.87. The molecule has 2 aromatic heterocycles. The Balaban J connectivity index is 2.58. The van der Waals surface area contributed by atoms with Crippen LogP contribution in [0.15, 0.2) is 24.7 Å². The number of halogens is 3. The summed E-state index contributed by atoms with van der Waals surface area (Å²) in [6, 6.07) is 1.69. The minimum absolute atomic E-state index is 0.0131. The lowest BCUT2D eigenvalue weighted by Crippen LogP contribution is -2.19. The number of aromatic nitrogens is 3. The third-order valence-electron chi connectivity index (χ3n) is 2.65. The van der Waals surface area contributed by atoms with E-state index >= 15 is 0 Å². The zero-order chi connectivity index (χ0) is 14.9. The minimum atomic E-state index is -4.53. The average molecular weight is 282 g/mol. The highest BCUT2D eigenvalue weighted by Gasteiger charge is 2.37. The second-order valence-corrected chi connectivity index (χ2v) is 4.57. The fraction of sp³-hybridized carbons (Fsp3) is 0.308. The van der Waals surface area contributed by atoms with Crippen LogP contribution in [0, 0.1) is 6.92 Å². The van der Waals surface area contributed by atoms with Crippen molar-refractivity contribution in [3.63, 3.8) is 0 Å². The maximum Gasteiger partial charge on any atom is 0.435 e. The van der Waals surface area contributed by atoms with Crippen LogP contribution in [0.25, 0.3) is 11.4 Å². The predicted octanol–water partition coefficient (Wildman–Crippen LogP) is 2.93. The number of nitrogens with zero attached hydrogens (tertiary/aromatic N) is 4. The van der Waals surface area contributed by atoms with Crippen LogP contribution >= 0.6 is 0 Å². The quantitative estimate of drug-likeness (QED) is 0.849. The molecule has 0 atom stereocenters. The van der Waals surface area contributed by atoms with Gasteiger partial charge in [-0.2, -0.15) is 13.2 Å². The highest BCUT2D eigenvalue weighted by molar-refractivity contribution is 5.58. The number of pyridine rings is 1. The predicted molar refractivity (Wildman–Crippen MR) is 69.3 cm³/mol. The van der Waals surface area contributed by atoms with Crippen LogP contribution in [-0.2, 0) is 6.18 Å². The van der Waals surface area contributed by atoms with Gasteiger partial charge in [-0.1, -0.05) is 0 Å². The van der Waals surface area contributed by atoms with Gasteiger partial charge in [-0.05, 0) is 18.6 Å². The lowest BCUT2D eigenvalue weighted by molar-refractivity contribution is -0.140. The largest absolute Gasteiger partial charge is 0.435 e. The van der Waals surface area contributed by atoms with Gasteiger partial charge in [-0.15, -0.1) is 0 Å². The van der Waals surface area contributed by atoms with Crippen molar-refractivity contribution in [1.82, 2.24) is 15.0 Å². The van der Waals surface area contributed by atoms with Crippen molar-refractivity contribution in [2.24, 2.45) is 0 Å². The van der Waals surface area contributed by atoms with Crippen molar-refractivity contribution in [3.05, 3.63) is 35.9 Å². The Hall–Kier alpha value is -2.18. The van der Waals surface area contributed by atoms with Crippen molar-refractivity contribution in [2.45, 2.75) is 13.1 Å². The monoisotopic (exact) mass is 282 g/mol. The Bertz CT molecular complexity index is 623. The van der Waals surface area contributed by atoms with E-state index < -0.39 is 11.9 Å². The lowest BCUT2D eigenvalue weighted by atomic mass is 10.2. The summed E-state index contributed by atoms with van der Waals surface area (Å²) in [7, 11) is 3.03. The molecule has 0 bridgehead atoms. The summed E-state index contributed by atoms with van der Waals surface area (Å²) in [5.74, 6) is 0.0131. The summed E-state index contributed by atoms with van der Waals surface area (Å²) in [6.45, 7) is 1.80. The standard InChI is InChI=1S/C13H13F3N4/c1-8-4-9(6-17-5-8)12-18-7-10(20(2)3)11(19-12)13(14,15)16/h4-7H,1-3H3. The maximum atomic E-state index is 13.1. The van der Waals surface area contributed by atoms with E-state index in [4.69, 9.17) is 0 Å². The summed E-state index contributed by atoms with van der Waals surface area (Å²) >= 11 is 0. The molecule has 4 nitrogen and oxygen atoms in total. The zero-order valence-electron chi connectivity index (χ0n) is 11.2. The number of rotatable bonds is 2. The van der Waals surface area contributed by atoms with Crippen LogP contribution < -0.4 is 4.90 Å². The van der Waals surface area contributed by atoms with E-state index in [1.165, 1.54) is 31.4 Å². The van der Waals surface area contributed by atoms with Gasteiger partial charge in [0, 0.05) is 32.1 Å². The summed E-state index contributed by atoms with van der Waals surface area (Å²) < 4.78 is 39.2. The van der Waals surface area contributed by atoms with Crippen molar-refractivity contribution in [1.29, 1.82) is 0 Å². The van der Waals surface area contributed by atoms with Crippen LogP contribution in [0.5, 0.6) is 0 Å². The van der Waals surface area contributed by atoms with Crippen molar-refractivity contribution in [2.75, 3.05) is 19.0 Å². The van der Waals surface area contributed by atoms with Crippen LogP contribution in [-0.4, -0.2) is 29.0 Å². The van der Waals surface area contributed by atoms with Crippen molar-refractivity contribution in [3.8, 4) is 11.4 Å². The van der Waals surface area contributed by atoms with Crippen molar-refractivity contribution >= 4 is 5.69 Å². The van der Waals surface area contributed by atoms with E-state index in [1.54, 1.807) is 19.2 Å². The van der Waals surface area contributed by atoms with Crippen molar-refractivity contribution < 1.29 is 13.2 Å². The molecular formula is C13H13F3N4. The molecule has 0 radical (unpaired) electrons. The van der Waals surface area contributed by atoms with Gasteiger partial charge >= 0.3 is 6.18 Å². The Morgan fingerprint density at radius 2 is 1.80 bits per heavy atom. The molecule has 20 heavy (non-hydrogen) atoms.